The molecule has 1 aliphatic carbocycles. The molecule has 0 radical (unpaired) electrons. The first-order chi connectivity index (χ1) is 6.11. The molecule has 1 atom stereocenters. The molecule has 0 aromatic heterocycles. The smallest absolute Gasteiger partial charge is 0.319 e. The van der Waals surface area contributed by atoms with Crippen LogP contribution in [0.3, 0.4) is 0 Å². The Morgan fingerprint density at radius 1 is 1.69 bits per heavy atom. The van der Waals surface area contributed by atoms with Gasteiger partial charge in [-0.1, -0.05) is 6.08 Å². The summed E-state index contributed by atoms with van der Waals surface area (Å²) in [6.45, 7) is 3.71. The number of esters is 1. The van der Waals surface area contributed by atoms with Crippen LogP contribution in [0, 0.1) is 5.41 Å². The van der Waals surface area contributed by atoms with E-state index in [1.54, 1.807) is 19.9 Å². The van der Waals surface area contributed by atoms with E-state index in [0.29, 0.717) is 13.0 Å². The van der Waals surface area contributed by atoms with Gasteiger partial charge in [-0.05, 0) is 32.8 Å². The molecule has 1 aliphatic rings. The van der Waals surface area contributed by atoms with Crippen LogP contribution in [0.1, 0.15) is 26.7 Å². The summed E-state index contributed by atoms with van der Waals surface area (Å²) in [5.41, 5.74) is -0.940. The zero-order chi connectivity index (χ0) is 9.90. The van der Waals surface area contributed by atoms with Gasteiger partial charge in [0.05, 0.1) is 6.61 Å². The molecule has 72 valence electrons. The maximum atomic E-state index is 11.5. The van der Waals surface area contributed by atoms with Gasteiger partial charge in [0.2, 0.25) is 0 Å². The Kier molecular flexibility index (Phi) is 2.86. The standard InChI is InChI=1S/C10H14O3/c1-3-13-9(12)10(2)7-5-4-6-8(10)11/h4,6H,3,5,7H2,1-2H3. The second-order valence-electron chi connectivity index (χ2n) is 3.36. The average molecular weight is 182 g/mol. The molecule has 0 N–H and O–H groups in total. The monoisotopic (exact) mass is 182 g/mol. The third-order valence-corrected chi connectivity index (χ3v) is 2.35. The quantitative estimate of drug-likeness (QED) is 0.480. The summed E-state index contributed by atoms with van der Waals surface area (Å²) in [5, 5.41) is 0. The maximum absolute atomic E-state index is 11.5. The summed E-state index contributed by atoms with van der Waals surface area (Å²) in [5.74, 6) is -0.540. The number of rotatable bonds is 2. The maximum Gasteiger partial charge on any atom is 0.319 e. The van der Waals surface area contributed by atoms with Crippen LogP contribution in [0.15, 0.2) is 12.2 Å². The number of carbonyl (C=O) groups is 2. The lowest BCUT2D eigenvalue weighted by Gasteiger charge is -2.26. The summed E-state index contributed by atoms with van der Waals surface area (Å²) in [6.07, 6.45) is 4.59. The largest absolute Gasteiger partial charge is 0.465 e. The highest BCUT2D eigenvalue weighted by atomic mass is 16.5. The van der Waals surface area contributed by atoms with Crippen molar-refractivity contribution in [2.75, 3.05) is 6.61 Å². The van der Waals surface area contributed by atoms with Crippen molar-refractivity contribution in [1.82, 2.24) is 0 Å². The van der Waals surface area contributed by atoms with E-state index in [9.17, 15) is 9.59 Å². The van der Waals surface area contributed by atoms with Crippen molar-refractivity contribution in [3.63, 3.8) is 0 Å². The van der Waals surface area contributed by atoms with Gasteiger partial charge in [0, 0.05) is 0 Å². The van der Waals surface area contributed by atoms with Crippen LogP contribution in [-0.2, 0) is 14.3 Å². The van der Waals surface area contributed by atoms with E-state index >= 15 is 0 Å². The first-order valence-corrected chi connectivity index (χ1v) is 4.49. The van der Waals surface area contributed by atoms with Gasteiger partial charge in [-0.3, -0.25) is 9.59 Å². The van der Waals surface area contributed by atoms with Crippen LogP contribution in [-0.4, -0.2) is 18.4 Å². The summed E-state index contributed by atoms with van der Waals surface area (Å²) in [6, 6.07) is 0. The van der Waals surface area contributed by atoms with E-state index in [1.807, 2.05) is 0 Å². The summed E-state index contributed by atoms with van der Waals surface area (Å²) in [4.78, 5) is 22.9. The summed E-state index contributed by atoms with van der Waals surface area (Å²) in [7, 11) is 0. The Balaban J connectivity index is 2.80. The molecule has 0 heterocycles. The highest BCUT2D eigenvalue weighted by Gasteiger charge is 2.41. The molecule has 0 aliphatic heterocycles. The van der Waals surface area contributed by atoms with E-state index in [4.69, 9.17) is 4.74 Å². The fraction of sp³-hybridized carbons (Fsp3) is 0.600. The Morgan fingerprint density at radius 3 is 2.92 bits per heavy atom. The van der Waals surface area contributed by atoms with Crippen molar-refractivity contribution in [1.29, 1.82) is 0 Å². The molecule has 0 aromatic carbocycles. The SMILES string of the molecule is CCOC(=O)C1(C)CCC=CC1=O. The van der Waals surface area contributed by atoms with Crippen molar-refractivity contribution < 1.29 is 14.3 Å². The number of allylic oxidation sites excluding steroid dienone is 2. The first-order valence-electron chi connectivity index (χ1n) is 4.49. The lowest BCUT2D eigenvalue weighted by Crippen LogP contribution is -2.38. The van der Waals surface area contributed by atoms with Crippen LogP contribution >= 0.6 is 0 Å². The second kappa shape index (κ2) is 3.73. The Labute approximate surface area is 77.8 Å². The lowest BCUT2D eigenvalue weighted by molar-refractivity contribution is -0.158. The van der Waals surface area contributed by atoms with Crippen molar-refractivity contribution in [3.05, 3.63) is 12.2 Å². The molecule has 1 rings (SSSR count). The molecule has 0 bridgehead atoms. The van der Waals surface area contributed by atoms with Gasteiger partial charge in [0.15, 0.2) is 5.78 Å². The molecule has 13 heavy (non-hydrogen) atoms. The van der Waals surface area contributed by atoms with E-state index in [-0.39, 0.29) is 5.78 Å². The van der Waals surface area contributed by atoms with Crippen molar-refractivity contribution >= 4 is 11.8 Å². The van der Waals surface area contributed by atoms with E-state index in [0.717, 1.165) is 6.42 Å². The molecule has 0 saturated carbocycles. The predicted molar refractivity (Wildman–Crippen MR) is 48.1 cm³/mol. The van der Waals surface area contributed by atoms with Crippen LogP contribution in [0.4, 0.5) is 0 Å². The highest BCUT2D eigenvalue weighted by molar-refractivity contribution is 6.09. The predicted octanol–water partition coefficient (Wildman–Crippen LogP) is 1.47. The van der Waals surface area contributed by atoms with Gasteiger partial charge in [-0.15, -0.1) is 0 Å². The Bertz CT molecular complexity index is 255. The fourth-order valence-corrected chi connectivity index (χ4v) is 1.36. The van der Waals surface area contributed by atoms with Gasteiger partial charge in [-0.2, -0.15) is 0 Å². The van der Waals surface area contributed by atoms with Gasteiger partial charge < -0.3 is 4.74 Å². The van der Waals surface area contributed by atoms with E-state index < -0.39 is 11.4 Å². The molecule has 0 spiro atoms. The highest BCUT2D eigenvalue weighted by Crippen LogP contribution is 2.30. The van der Waals surface area contributed by atoms with Gasteiger partial charge in [0.25, 0.3) is 0 Å². The van der Waals surface area contributed by atoms with Crippen LogP contribution < -0.4 is 0 Å². The minimum Gasteiger partial charge on any atom is -0.465 e. The molecule has 3 nitrogen and oxygen atoms in total. The number of hydrogen-bond donors (Lipinski definition) is 0. The van der Waals surface area contributed by atoms with Gasteiger partial charge in [0.1, 0.15) is 5.41 Å². The normalized spacial score (nSPS) is 27.4. The summed E-state index contributed by atoms with van der Waals surface area (Å²) >= 11 is 0. The van der Waals surface area contributed by atoms with Crippen molar-refractivity contribution in [2.24, 2.45) is 5.41 Å². The van der Waals surface area contributed by atoms with Crippen LogP contribution in [0.25, 0.3) is 0 Å². The van der Waals surface area contributed by atoms with E-state index in [1.165, 1.54) is 6.08 Å². The first kappa shape index (κ1) is 9.96. The number of carbonyl (C=O) groups excluding carboxylic acids is 2. The van der Waals surface area contributed by atoms with E-state index in [2.05, 4.69) is 0 Å². The van der Waals surface area contributed by atoms with Crippen LogP contribution in [0.2, 0.25) is 0 Å². The molecule has 0 fully saturated rings. The molecular formula is C10H14O3. The fourth-order valence-electron chi connectivity index (χ4n) is 1.36. The number of ether oxygens (including phenoxy) is 1. The molecule has 3 heteroatoms. The second-order valence-corrected chi connectivity index (χ2v) is 3.36. The zero-order valence-electron chi connectivity index (χ0n) is 8.00. The third-order valence-electron chi connectivity index (χ3n) is 2.35. The topological polar surface area (TPSA) is 43.4 Å². The lowest BCUT2D eigenvalue weighted by atomic mass is 9.78. The average Bonchev–Trinajstić information content (AvgIpc) is 2.11. The molecule has 0 aromatic rings. The zero-order valence-corrected chi connectivity index (χ0v) is 8.00. The third kappa shape index (κ3) is 1.79. The Morgan fingerprint density at radius 2 is 2.38 bits per heavy atom. The minimum absolute atomic E-state index is 0.141. The molecule has 0 saturated heterocycles. The number of ketones is 1. The molecular weight excluding hydrogens is 168 g/mol. The van der Waals surface area contributed by atoms with Crippen LogP contribution in [0.5, 0.6) is 0 Å². The molecule has 0 amide bonds. The molecule has 1 unspecified atom stereocenters. The van der Waals surface area contributed by atoms with Crippen molar-refractivity contribution in [2.45, 2.75) is 26.7 Å². The summed E-state index contributed by atoms with van der Waals surface area (Å²) < 4.78 is 4.86. The minimum atomic E-state index is -0.940. The Hall–Kier alpha value is -1.12. The number of hydrogen-bond acceptors (Lipinski definition) is 3. The van der Waals surface area contributed by atoms with Crippen molar-refractivity contribution in [3.8, 4) is 0 Å². The van der Waals surface area contributed by atoms with Gasteiger partial charge >= 0.3 is 5.97 Å². The van der Waals surface area contributed by atoms with Gasteiger partial charge in [-0.25, -0.2) is 0 Å².